The van der Waals surface area contributed by atoms with Gasteiger partial charge < -0.3 is 10.3 Å². The molecule has 3 rings (SSSR count). The Morgan fingerprint density at radius 2 is 2.37 bits per heavy atom. The van der Waals surface area contributed by atoms with E-state index in [2.05, 4.69) is 47.5 Å². The van der Waals surface area contributed by atoms with Gasteiger partial charge in [-0.15, -0.1) is 0 Å². The second kappa shape index (κ2) is 5.17. The molecule has 19 heavy (non-hydrogen) atoms. The van der Waals surface area contributed by atoms with Gasteiger partial charge in [-0.25, -0.2) is 4.98 Å². The lowest BCUT2D eigenvalue weighted by Crippen LogP contribution is -2.21. The summed E-state index contributed by atoms with van der Waals surface area (Å²) >= 11 is 0. The monoisotopic (exact) mass is 255 g/mol. The van der Waals surface area contributed by atoms with E-state index in [4.69, 9.17) is 0 Å². The maximum Gasteiger partial charge on any atom is 0.137 e. The van der Waals surface area contributed by atoms with Crippen LogP contribution in [0.2, 0.25) is 0 Å². The molecule has 2 heterocycles. The zero-order valence-electron chi connectivity index (χ0n) is 11.6. The summed E-state index contributed by atoms with van der Waals surface area (Å²) in [6.45, 7) is 5.51. The number of hydrogen-bond donors (Lipinski definition) is 2. The lowest BCUT2D eigenvalue weighted by atomic mass is 10.0. The number of fused-ring (bicyclic) bond motifs is 1. The van der Waals surface area contributed by atoms with Crippen LogP contribution in [0.1, 0.15) is 32.3 Å². The van der Waals surface area contributed by atoms with E-state index in [9.17, 15) is 0 Å². The molecule has 2 N–H and O–H groups in total. The molecule has 0 radical (unpaired) electrons. The predicted molar refractivity (Wildman–Crippen MR) is 79.9 cm³/mol. The molecule has 0 aliphatic heterocycles. The fraction of sp³-hybridized carbons (Fsp3) is 0.438. The third-order valence-electron chi connectivity index (χ3n) is 3.74. The molecule has 0 aromatic carbocycles. The number of nitrogens with zero attached hydrogens (tertiary/aromatic N) is 1. The zero-order chi connectivity index (χ0) is 13.2. The van der Waals surface area contributed by atoms with Crippen LogP contribution in [-0.2, 0) is 0 Å². The Hall–Kier alpha value is -1.61. The Labute approximate surface area is 114 Å². The van der Waals surface area contributed by atoms with E-state index in [1.54, 1.807) is 0 Å². The number of aromatic nitrogens is 2. The van der Waals surface area contributed by atoms with Gasteiger partial charge in [0.2, 0.25) is 0 Å². The van der Waals surface area contributed by atoms with Crippen molar-refractivity contribution in [1.29, 1.82) is 0 Å². The van der Waals surface area contributed by atoms with Crippen molar-refractivity contribution in [2.24, 2.45) is 5.92 Å². The smallest absolute Gasteiger partial charge is 0.137 e. The number of H-pyrrole nitrogens is 1. The summed E-state index contributed by atoms with van der Waals surface area (Å²) in [6, 6.07) is 4.87. The van der Waals surface area contributed by atoms with Gasteiger partial charge in [-0.05, 0) is 30.9 Å². The molecule has 1 aliphatic carbocycles. The van der Waals surface area contributed by atoms with Crippen LogP contribution in [0.15, 0.2) is 30.1 Å². The molecule has 2 aromatic rings. The van der Waals surface area contributed by atoms with Gasteiger partial charge >= 0.3 is 0 Å². The van der Waals surface area contributed by atoms with Gasteiger partial charge in [0.05, 0.1) is 0 Å². The first-order valence-corrected chi connectivity index (χ1v) is 7.10. The maximum absolute atomic E-state index is 4.34. The summed E-state index contributed by atoms with van der Waals surface area (Å²) in [5.41, 5.74) is 3.66. The Morgan fingerprint density at radius 3 is 3.11 bits per heavy atom. The summed E-state index contributed by atoms with van der Waals surface area (Å²) in [7, 11) is 0. The van der Waals surface area contributed by atoms with E-state index in [1.807, 2.05) is 12.3 Å². The highest BCUT2D eigenvalue weighted by Gasteiger charge is 2.20. The lowest BCUT2D eigenvalue weighted by Gasteiger charge is -2.12. The summed E-state index contributed by atoms with van der Waals surface area (Å²) in [5.74, 6) is 0.563. The molecule has 0 unspecified atom stereocenters. The van der Waals surface area contributed by atoms with Gasteiger partial charge in [0.1, 0.15) is 5.65 Å². The van der Waals surface area contributed by atoms with Gasteiger partial charge in [0.25, 0.3) is 0 Å². The van der Waals surface area contributed by atoms with Crippen molar-refractivity contribution in [3.8, 4) is 0 Å². The van der Waals surface area contributed by atoms with Crippen LogP contribution in [0.25, 0.3) is 17.1 Å². The first-order valence-electron chi connectivity index (χ1n) is 7.10. The topological polar surface area (TPSA) is 40.7 Å². The summed E-state index contributed by atoms with van der Waals surface area (Å²) in [4.78, 5) is 7.57. The Morgan fingerprint density at radius 1 is 1.53 bits per heavy atom. The Bertz CT molecular complexity index is 591. The minimum absolute atomic E-state index is 0.563. The molecule has 100 valence electrons. The van der Waals surface area contributed by atoms with Crippen molar-refractivity contribution >= 4 is 17.1 Å². The average molecular weight is 255 g/mol. The first kappa shape index (κ1) is 12.4. The third-order valence-corrected chi connectivity index (χ3v) is 3.74. The summed E-state index contributed by atoms with van der Waals surface area (Å²) in [6.07, 6.45) is 8.85. The molecule has 2 aromatic heterocycles. The van der Waals surface area contributed by atoms with Crippen LogP contribution in [0, 0.1) is 5.92 Å². The molecule has 0 saturated heterocycles. The largest absolute Gasteiger partial charge is 0.346 e. The van der Waals surface area contributed by atoms with E-state index < -0.39 is 0 Å². The predicted octanol–water partition coefficient (Wildman–Crippen LogP) is 3.35. The molecule has 1 fully saturated rings. The number of rotatable bonds is 5. The standard InChI is InChI=1S/C16H21N3/c1-11(2)12(9-18-14-5-6-14)8-13-10-19-16-15(13)4-3-7-17-16/h3-4,7-8,10-11,14,18H,5-6,9H2,1-2H3,(H,17,19). The zero-order valence-corrected chi connectivity index (χ0v) is 11.6. The second-order valence-electron chi connectivity index (χ2n) is 5.67. The van der Waals surface area contributed by atoms with E-state index in [0.717, 1.165) is 18.2 Å². The van der Waals surface area contributed by atoms with Crippen molar-refractivity contribution < 1.29 is 0 Å². The first-order chi connectivity index (χ1) is 9.24. The van der Waals surface area contributed by atoms with Crippen LogP contribution in [-0.4, -0.2) is 22.6 Å². The average Bonchev–Trinajstić information content (AvgIpc) is 3.15. The summed E-state index contributed by atoms with van der Waals surface area (Å²) < 4.78 is 0. The van der Waals surface area contributed by atoms with Gasteiger partial charge in [-0.2, -0.15) is 0 Å². The van der Waals surface area contributed by atoms with E-state index in [0.29, 0.717) is 5.92 Å². The highest BCUT2D eigenvalue weighted by atomic mass is 14.9. The molecule has 0 amide bonds. The van der Waals surface area contributed by atoms with E-state index >= 15 is 0 Å². The SMILES string of the molecule is CC(C)C(=Cc1c[nH]c2ncccc12)CNC1CC1. The Kier molecular flexibility index (Phi) is 3.38. The quantitative estimate of drug-likeness (QED) is 0.860. The van der Waals surface area contributed by atoms with Gasteiger partial charge in [0, 0.05) is 35.9 Å². The number of aromatic amines is 1. The molecule has 3 nitrogen and oxygen atoms in total. The number of hydrogen-bond acceptors (Lipinski definition) is 2. The maximum atomic E-state index is 4.34. The second-order valence-corrected chi connectivity index (χ2v) is 5.67. The lowest BCUT2D eigenvalue weighted by molar-refractivity contribution is 0.663. The van der Waals surface area contributed by atoms with Crippen molar-refractivity contribution in [3.05, 3.63) is 35.7 Å². The molecular weight excluding hydrogens is 234 g/mol. The van der Waals surface area contributed by atoms with Crippen LogP contribution >= 0.6 is 0 Å². The fourth-order valence-electron chi connectivity index (χ4n) is 2.27. The normalized spacial score (nSPS) is 16.5. The highest BCUT2D eigenvalue weighted by molar-refractivity contribution is 5.86. The Balaban J connectivity index is 1.86. The van der Waals surface area contributed by atoms with Crippen LogP contribution in [0.4, 0.5) is 0 Å². The summed E-state index contributed by atoms with van der Waals surface area (Å²) in [5, 5.41) is 4.81. The molecule has 0 spiro atoms. The number of nitrogens with one attached hydrogen (secondary N) is 2. The molecule has 1 saturated carbocycles. The molecule has 1 aliphatic rings. The molecule has 0 bridgehead atoms. The van der Waals surface area contributed by atoms with Gasteiger partial charge in [-0.3, -0.25) is 0 Å². The van der Waals surface area contributed by atoms with Crippen molar-refractivity contribution in [1.82, 2.24) is 15.3 Å². The minimum atomic E-state index is 0.563. The van der Waals surface area contributed by atoms with Crippen LogP contribution in [0.5, 0.6) is 0 Å². The van der Waals surface area contributed by atoms with Crippen molar-refractivity contribution in [2.45, 2.75) is 32.7 Å². The molecule has 3 heteroatoms. The van der Waals surface area contributed by atoms with Gasteiger partial charge in [0.15, 0.2) is 0 Å². The van der Waals surface area contributed by atoms with Crippen molar-refractivity contribution in [2.75, 3.05) is 6.54 Å². The fourth-order valence-corrected chi connectivity index (χ4v) is 2.27. The van der Waals surface area contributed by atoms with Crippen LogP contribution < -0.4 is 5.32 Å². The number of pyridine rings is 1. The molecular formula is C16H21N3. The van der Waals surface area contributed by atoms with Crippen molar-refractivity contribution in [3.63, 3.8) is 0 Å². The highest BCUT2D eigenvalue weighted by Crippen LogP contribution is 2.23. The van der Waals surface area contributed by atoms with Gasteiger partial charge in [-0.1, -0.05) is 25.5 Å². The minimum Gasteiger partial charge on any atom is -0.346 e. The van der Waals surface area contributed by atoms with Crippen LogP contribution in [0.3, 0.4) is 0 Å². The van der Waals surface area contributed by atoms with E-state index in [-0.39, 0.29) is 0 Å². The molecule has 0 atom stereocenters. The third kappa shape index (κ3) is 2.87. The van der Waals surface area contributed by atoms with E-state index in [1.165, 1.54) is 29.4 Å².